The highest BCUT2D eigenvalue weighted by Gasteiger charge is 2.12. The van der Waals surface area contributed by atoms with Crippen LogP contribution in [0.4, 0.5) is 0 Å². The molecule has 18 heavy (non-hydrogen) atoms. The maximum Gasteiger partial charge on any atom is 0.338 e. The van der Waals surface area contributed by atoms with Gasteiger partial charge in [0.15, 0.2) is 6.61 Å². The molecule has 0 aliphatic rings. The summed E-state index contributed by atoms with van der Waals surface area (Å²) in [5.41, 5.74) is 0.389. The molecule has 0 spiro atoms. The van der Waals surface area contributed by atoms with Crippen molar-refractivity contribution >= 4 is 23.1 Å². The van der Waals surface area contributed by atoms with E-state index >= 15 is 0 Å². The van der Waals surface area contributed by atoms with Gasteiger partial charge in [0.25, 0.3) is 0 Å². The van der Waals surface area contributed by atoms with Crippen LogP contribution in [0.2, 0.25) is 0 Å². The number of Topliss-reactive ketones (excluding diaryl/α,β-unsaturated/α-hetero) is 1. The van der Waals surface area contributed by atoms with Crippen molar-refractivity contribution in [3.63, 3.8) is 0 Å². The number of thiophene rings is 1. The molecule has 5 heteroatoms. The predicted octanol–water partition coefficient (Wildman–Crippen LogP) is 2.49. The Hall–Kier alpha value is -2.01. The Morgan fingerprint density at radius 2 is 1.94 bits per heavy atom. The smallest absolute Gasteiger partial charge is 0.338 e. The Bertz CT molecular complexity index is 563. The SMILES string of the molecule is Cc1ccc(C(=O)COC(=O)c2ccncc2)s1. The molecule has 0 atom stereocenters. The van der Waals surface area contributed by atoms with E-state index in [2.05, 4.69) is 4.98 Å². The van der Waals surface area contributed by atoms with Gasteiger partial charge in [-0.3, -0.25) is 9.78 Å². The zero-order valence-electron chi connectivity index (χ0n) is 9.75. The Kier molecular flexibility index (Phi) is 3.84. The molecule has 0 fully saturated rings. The van der Waals surface area contributed by atoms with E-state index in [0.717, 1.165) is 4.88 Å². The standard InChI is InChI=1S/C13H11NO3S/c1-9-2-3-12(18-9)11(15)8-17-13(16)10-4-6-14-7-5-10/h2-7H,8H2,1H3. The van der Waals surface area contributed by atoms with E-state index in [1.54, 1.807) is 18.2 Å². The molecule has 0 aliphatic heterocycles. The normalized spacial score (nSPS) is 10.1. The molecular formula is C13H11NO3S. The fraction of sp³-hybridized carbons (Fsp3) is 0.154. The summed E-state index contributed by atoms with van der Waals surface area (Å²) in [6.07, 6.45) is 3.00. The fourth-order valence-electron chi connectivity index (χ4n) is 1.36. The van der Waals surface area contributed by atoms with Gasteiger partial charge in [0.2, 0.25) is 5.78 Å². The van der Waals surface area contributed by atoms with Crippen molar-refractivity contribution in [1.82, 2.24) is 4.98 Å². The highest BCUT2D eigenvalue weighted by atomic mass is 32.1. The Morgan fingerprint density at radius 3 is 2.56 bits per heavy atom. The van der Waals surface area contributed by atoms with Gasteiger partial charge >= 0.3 is 5.97 Å². The van der Waals surface area contributed by atoms with Gasteiger partial charge in [-0.25, -0.2) is 4.79 Å². The highest BCUT2D eigenvalue weighted by Crippen LogP contribution is 2.15. The monoisotopic (exact) mass is 261 g/mol. The summed E-state index contributed by atoms with van der Waals surface area (Å²) >= 11 is 1.39. The first kappa shape index (κ1) is 12.4. The number of carbonyl (C=O) groups excluding carboxylic acids is 2. The van der Waals surface area contributed by atoms with Crippen molar-refractivity contribution in [2.75, 3.05) is 6.61 Å². The van der Waals surface area contributed by atoms with Crippen LogP contribution in [0.1, 0.15) is 24.9 Å². The van der Waals surface area contributed by atoms with E-state index < -0.39 is 5.97 Å². The first-order valence-electron chi connectivity index (χ1n) is 5.33. The summed E-state index contributed by atoms with van der Waals surface area (Å²) in [6.45, 7) is 1.69. The topological polar surface area (TPSA) is 56.3 Å². The summed E-state index contributed by atoms with van der Waals surface area (Å²) in [4.78, 5) is 28.8. The van der Waals surface area contributed by atoms with Gasteiger partial charge in [-0.1, -0.05) is 0 Å². The summed E-state index contributed by atoms with van der Waals surface area (Å²) in [6, 6.07) is 6.69. The molecule has 4 nitrogen and oxygen atoms in total. The van der Waals surface area contributed by atoms with Crippen molar-refractivity contribution in [2.24, 2.45) is 0 Å². The van der Waals surface area contributed by atoms with E-state index in [1.165, 1.54) is 23.7 Å². The van der Waals surface area contributed by atoms with Crippen LogP contribution < -0.4 is 0 Å². The van der Waals surface area contributed by atoms with Gasteiger partial charge in [0, 0.05) is 17.3 Å². The van der Waals surface area contributed by atoms with Crippen LogP contribution >= 0.6 is 11.3 Å². The number of nitrogens with zero attached hydrogens (tertiary/aromatic N) is 1. The van der Waals surface area contributed by atoms with Gasteiger partial charge in [-0.05, 0) is 31.2 Å². The minimum atomic E-state index is -0.515. The number of ketones is 1. The molecule has 0 N–H and O–H groups in total. The van der Waals surface area contributed by atoms with Crippen molar-refractivity contribution in [3.05, 3.63) is 52.0 Å². The zero-order valence-corrected chi connectivity index (χ0v) is 10.6. The van der Waals surface area contributed by atoms with E-state index in [9.17, 15) is 9.59 Å². The molecular weight excluding hydrogens is 250 g/mol. The number of aryl methyl sites for hydroxylation is 1. The minimum absolute atomic E-state index is 0.185. The molecule has 0 saturated carbocycles. The van der Waals surface area contributed by atoms with Gasteiger partial charge in [-0.15, -0.1) is 11.3 Å². The first-order valence-corrected chi connectivity index (χ1v) is 6.15. The summed E-state index contributed by atoms with van der Waals surface area (Å²) in [7, 11) is 0. The molecule has 2 heterocycles. The second kappa shape index (κ2) is 5.55. The van der Waals surface area contributed by atoms with Crippen LogP contribution in [0.5, 0.6) is 0 Å². The van der Waals surface area contributed by atoms with Crippen molar-refractivity contribution in [3.8, 4) is 0 Å². The molecule has 0 aromatic carbocycles. The lowest BCUT2D eigenvalue weighted by Crippen LogP contribution is -2.13. The second-order valence-corrected chi connectivity index (χ2v) is 4.93. The van der Waals surface area contributed by atoms with Gasteiger partial charge in [0.05, 0.1) is 10.4 Å². The molecule has 0 amide bonds. The zero-order chi connectivity index (χ0) is 13.0. The molecule has 0 radical (unpaired) electrons. The molecule has 92 valence electrons. The number of carbonyl (C=O) groups is 2. The third-order valence-corrected chi connectivity index (χ3v) is 3.31. The van der Waals surface area contributed by atoms with Crippen molar-refractivity contribution < 1.29 is 14.3 Å². The largest absolute Gasteiger partial charge is 0.454 e. The minimum Gasteiger partial charge on any atom is -0.454 e. The third-order valence-electron chi connectivity index (χ3n) is 2.27. The number of ether oxygens (including phenoxy) is 1. The Balaban J connectivity index is 1.92. The molecule has 2 aromatic heterocycles. The average molecular weight is 261 g/mol. The molecule has 0 unspecified atom stereocenters. The van der Waals surface area contributed by atoms with Crippen LogP contribution in [-0.2, 0) is 4.74 Å². The quantitative estimate of drug-likeness (QED) is 0.626. The Labute approximate surface area is 108 Å². The number of aromatic nitrogens is 1. The number of rotatable bonds is 4. The Morgan fingerprint density at radius 1 is 1.22 bits per heavy atom. The molecule has 2 aromatic rings. The van der Waals surface area contributed by atoms with E-state index in [0.29, 0.717) is 10.4 Å². The summed E-state index contributed by atoms with van der Waals surface area (Å²) in [5, 5.41) is 0. The summed E-state index contributed by atoms with van der Waals surface area (Å²) in [5.74, 6) is -0.700. The molecule has 0 bridgehead atoms. The number of hydrogen-bond acceptors (Lipinski definition) is 5. The van der Waals surface area contributed by atoms with Crippen LogP contribution in [0.3, 0.4) is 0 Å². The molecule has 0 saturated heterocycles. The predicted molar refractivity (Wildman–Crippen MR) is 67.9 cm³/mol. The van der Waals surface area contributed by atoms with Crippen LogP contribution in [0.25, 0.3) is 0 Å². The van der Waals surface area contributed by atoms with Crippen LogP contribution in [0, 0.1) is 6.92 Å². The van der Waals surface area contributed by atoms with Crippen LogP contribution in [-0.4, -0.2) is 23.3 Å². The number of pyridine rings is 1. The maximum absolute atomic E-state index is 11.7. The lowest BCUT2D eigenvalue weighted by atomic mass is 10.3. The third kappa shape index (κ3) is 3.01. The van der Waals surface area contributed by atoms with Gasteiger partial charge in [-0.2, -0.15) is 0 Å². The van der Waals surface area contributed by atoms with E-state index in [-0.39, 0.29) is 12.4 Å². The average Bonchev–Trinajstić information content (AvgIpc) is 2.83. The van der Waals surface area contributed by atoms with Crippen molar-refractivity contribution in [1.29, 1.82) is 0 Å². The van der Waals surface area contributed by atoms with E-state index in [1.807, 2.05) is 13.0 Å². The fourth-order valence-corrected chi connectivity index (χ4v) is 2.15. The van der Waals surface area contributed by atoms with Gasteiger partial charge < -0.3 is 4.74 Å². The second-order valence-electron chi connectivity index (χ2n) is 3.65. The lowest BCUT2D eigenvalue weighted by Gasteiger charge is -2.02. The summed E-state index contributed by atoms with van der Waals surface area (Å²) < 4.78 is 4.94. The highest BCUT2D eigenvalue weighted by molar-refractivity contribution is 7.14. The van der Waals surface area contributed by atoms with Crippen LogP contribution in [0.15, 0.2) is 36.7 Å². The lowest BCUT2D eigenvalue weighted by molar-refractivity contribution is 0.0475. The van der Waals surface area contributed by atoms with E-state index in [4.69, 9.17) is 4.74 Å². The van der Waals surface area contributed by atoms with Gasteiger partial charge in [0.1, 0.15) is 0 Å². The first-order chi connectivity index (χ1) is 8.66. The molecule has 2 rings (SSSR count). The maximum atomic E-state index is 11.7. The number of hydrogen-bond donors (Lipinski definition) is 0. The van der Waals surface area contributed by atoms with Crippen molar-refractivity contribution in [2.45, 2.75) is 6.92 Å². The number of esters is 1. The molecule has 0 aliphatic carbocycles.